The summed E-state index contributed by atoms with van der Waals surface area (Å²) in [7, 11) is 0. The number of hydrogen-bond acceptors (Lipinski definition) is 6. The van der Waals surface area contributed by atoms with Crippen LogP contribution < -0.4 is 10.2 Å². The van der Waals surface area contributed by atoms with E-state index in [0.717, 1.165) is 5.56 Å². The first-order chi connectivity index (χ1) is 12.5. The molecule has 2 rings (SSSR count). The molecule has 7 nitrogen and oxygen atoms in total. The van der Waals surface area contributed by atoms with Crippen molar-refractivity contribution in [3.8, 4) is 11.5 Å². The number of ether oxygens (including phenoxy) is 2. The molecule has 0 atom stereocenters. The number of carbonyl (C=O) groups is 2. The lowest BCUT2D eigenvalue weighted by Crippen LogP contribution is -2.25. The van der Waals surface area contributed by atoms with Crippen LogP contribution in [0.2, 0.25) is 0 Å². The van der Waals surface area contributed by atoms with Gasteiger partial charge >= 0.3 is 5.97 Å². The third-order valence-electron chi connectivity index (χ3n) is 3.37. The summed E-state index contributed by atoms with van der Waals surface area (Å²) in [5.74, 6) is -0.214. The predicted molar refractivity (Wildman–Crippen MR) is 96.4 cm³/mol. The second kappa shape index (κ2) is 9.22. The summed E-state index contributed by atoms with van der Waals surface area (Å²) in [4.78, 5) is 23.4. The van der Waals surface area contributed by atoms with Gasteiger partial charge in [-0.25, -0.2) is 10.2 Å². The van der Waals surface area contributed by atoms with Crippen molar-refractivity contribution < 1.29 is 24.2 Å². The number of phenols is 1. The largest absolute Gasteiger partial charge is 0.508 e. The predicted octanol–water partition coefficient (Wildman–Crippen LogP) is 2.49. The summed E-state index contributed by atoms with van der Waals surface area (Å²) in [6, 6.07) is 12.8. The van der Waals surface area contributed by atoms with E-state index in [1.165, 1.54) is 0 Å². The third kappa shape index (κ3) is 5.62. The summed E-state index contributed by atoms with van der Waals surface area (Å²) >= 11 is 0. The highest BCUT2D eigenvalue weighted by molar-refractivity contribution is 5.99. The molecule has 7 heteroatoms. The quantitative estimate of drug-likeness (QED) is 0.451. The Morgan fingerprint density at radius 3 is 2.27 bits per heavy atom. The number of hydrazone groups is 1. The summed E-state index contributed by atoms with van der Waals surface area (Å²) < 4.78 is 10.2. The molecule has 0 aromatic heterocycles. The van der Waals surface area contributed by atoms with Crippen molar-refractivity contribution in [1.82, 2.24) is 5.43 Å². The fourth-order valence-corrected chi connectivity index (χ4v) is 2.00. The number of benzene rings is 2. The van der Waals surface area contributed by atoms with Gasteiger partial charge in [-0.1, -0.05) is 0 Å². The monoisotopic (exact) mass is 356 g/mol. The molecule has 0 aliphatic heterocycles. The number of nitrogens with zero attached hydrogens (tertiary/aromatic N) is 1. The topological polar surface area (TPSA) is 97.2 Å². The summed E-state index contributed by atoms with van der Waals surface area (Å²) in [6.07, 6.45) is 0. The minimum atomic E-state index is -0.419. The molecule has 0 saturated carbocycles. The molecule has 26 heavy (non-hydrogen) atoms. The first-order valence-corrected chi connectivity index (χ1v) is 8.02. The normalized spacial score (nSPS) is 10.9. The smallest absolute Gasteiger partial charge is 0.338 e. The minimum Gasteiger partial charge on any atom is -0.508 e. The molecule has 0 aliphatic carbocycles. The van der Waals surface area contributed by atoms with Crippen LogP contribution in [0.25, 0.3) is 0 Å². The molecule has 0 saturated heterocycles. The van der Waals surface area contributed by atoms with Gasteiger partial charge in [-0.2, -0.15) is 5.10 Å². The van der Waals surface area contributed by atoms with Gasteiger partial charge in [-0.15, -0.1) is 0 Å². The number of esters is 1. The molecule has 2 aromatic carbocycles. The van der Waals surface area contributed by atoms with Crippen LogP contribution in [-0.2, 0) is 9.53 Å². The van der Waals surface area contributed by atoms with E-state index >= 15 is 0 Å². The Bertz CT molecular complexity index is 783. The molecule has 0 unspecified atom stereocenters. The molecule has 0 spiro atoms. The number of amides is 1. The van der Waals surface area contributed by atoms with Crippen molar-refractivity contribution in [2.24, 2.45) is 5.10 Å². The Hall–Kier alpha value is -3.35. The van der Waals surface area contributed by atoms with E-state index in [9.17, 15) is 14.7 Å². The maximum absolute atomic E-state index is 11.8. The fraction of sp³-hybridized carbons (Fsp3) is 0.211. The highest BCUT2D eigenvalue weighted by Crippen LogP contribution is 2.13. The SMILES string of the molecule is CCOC(=O)c1ccc(OCC(=O)NN=C(C)c2ccc(O)cc2)cc1. The van der Waals surface area contributed by atoms with E-state index in [1.807, 2.05) is 0 Å². The molecule has 1 amide bonds. The highest BCUT2D eigenvalue weighted by Gasteiger charge is 2.07. The van der Waals surface area contributed by atoms with E-state index in [2.05, 4.69) is 10.5 Å². The van der Waals surface area contributed by atoms with Crippen LogP contribution in [0.1, 0.15) is 29.8 Å². The van der Waals surface area contributed by atoms with Crippen molar-refractivity contribution in [2.75, 3.05) is 13.2 Å². The molecule has 2 aromatic rings. The second-order valence-corrected chi connectivity index (χ2v) is 5.31. The first kappa shape index (κ1) is 19.0. The molecular formula is C19H20N2O5. The van der Waals surface area contributed by atoms with E-state index < -0.39 is 11.9 Å². The van der Waals surface area contributed by atoms with Gasteiger partial charge in [0, 0.05) is 0 Å². The van der Waals surface area contributed by atoms with E-state index in [-0.39, 0.29) is 12.4 Å². The molecule has 136 valence electrons. The van der Waals surface area contributed by atoms with Crippen LogP contribution >= 0.6 is 0 Å². The average molecular weight is 356 g/mol. The van der Waals surface area contributed by atoms with Crippen molar-refractivity contribution in [1.29, 1.82) is 0 Å². The maximum Gasteiger partial charge on any atom is 0.338 e. The molecule has 0 fully saturated rings. The Kier molecular flexibility index (Phi) is 6.73. The van der Waals surface area contributed by atoms with Crippen LogP contribution in [0.5, 0.6) is 11.5 Å². The van der Waals surface area contributed by atoms with Crippen LogP contribution in [0.15, 0.2) is 53.6 Å². The van der Waals surface area contributed by atoms with Gasteiger partial charge in [0.15, 0.2) is 6.61 Å². The van der Waals surface area contributed by atoms with Crippen LogP contribution in [0.4, 0.5) is 0 Å². The van der Waals surface area contributed by atoms with Crippen LogP contribution in [0, 0.1) is 0 Å². The van der Waals surface area contributed by atoms with Crippen molar-refractivity contribution in [3.63, 3.8) is 0 Å². The summed E-state index contributed by atoms with van der Waals surface area (Å²) in [5, 5.41) is 13.2. The van der Waals surface area contributed by atoms with Gasteiger partial charge in [0.1, 0.15) is 11.5 Å². The lowest BCUT2D eigenvalue weighted by Gasteiger charge is -2.07. The van der Waals surface area contributed by atoms with Gasteiger partial charge < -0.3 is 14.6 Å². The first-order valence-electron chi connectivity index (χ1n) is 8.02. The number of carbonyl (C=O) groups excluding carboxylic acids is 2. The summed E-state index contributed by atoms with van der Waals surface area (Å²) in [6.45, 7) is 3.56. The molecule has 0 heterocycles. The standard InChI is InChI=1S/C19H20N2O5/c1-3-25-19(24)15-6-10-17(11-7-15)26-12-18(23)21-20-13(2)14-4-8-16(22)9-5-14/h4-11,22H,3,12H2,1-2H3,(H,21,23). The van der Waals surface area contributed by atoms with Gasteiger partial charge in [0.25, 0.3) is 5.91 Å². The Labute approximate surface area is 151 Å². The zero-order valence-corrected chi connectivity index (χ0v) is 14.6. The van der Waals surface area contributed by atoms with Gasteiger partial charge in [0.05, 0.1) is 17.9 Å². The highest BCUT2D eigenvalue weighted by atomic mass is 16.5. The lowest BCUT2D eigenvalue weighted by molar-refractivity contribution is -0.123. The second-order valence-electron chi connectivity index (χ2n) is 5.31. The van der Waals surface area contributed by atoms with Gasteiger partial charge in [0.2, 0.25) is 0 Å². The van der Waals surface area contributed by atoms with Crippen molar-refractivity contribution in [3.05, 3.63) is 59.7 Å². The van der Waals surface area contributed by atoms with Gasteiger partial charge in [-0.05, 0) is 67.9 Å². The fourth-order valence-electron chi connectivity index (χ4n) is 2.00. The average Bonchev–Trinajstić information content (AvgIpc) is 2.65. The summed E-state index contributed by atoms with van der Waals surface area (Å²) in [5.41, 5.74) is 4.19. The lowest BCUT2D eigenvalue weighted by atomic mass is 10.1. The maximum atomic E-state index is 11.8. The molecule has 0 radical (unpaired) electrons. The Morgan fingerprint density at radius 2 is 1.65 bits per heavy atom. The molecule has 0 bridgehead atoms. The van der Waals surface area contributed by atoms with Crippen molar-refractivity contribution >= 4 is 17.6 Å². The van der Waals surface area contributed by atoms with E-state index in [1.54, 1.807) is 62.4 Å². The van der Waals surface area contributed by atoms with Gasteiger partial charge in [-0.3, -0.25) is 4.79 Å². The Balaban J connectivity index is 1.83. The van der Waals surface area contributed by atoms with Crippen molar-refractivity contribution in [2.45, 2.75) is 13.8 Å². The van der Waals surface area contributed by atoms with Crippen LogP contribution in [0.3, 0.4) is 0 Å². The molecule has 0 aliphatic rings. The number of aromatic hydroxyl groups is 1. The molecular weight excluding hydrogens is 336 g/mol. The number of nitrogens with one attached hydrogen (secondary N) is 1. The Morgan fingerprint density at radius 1 is 1.04 bits per heavy atom. The zero-order valence-electron chi connectivity index (χ0n) is 14.6. The van der Waals surface area contributed by atoms with E-state index in [4.69, 9.17) is 9.47 Å². The number of hydrogen-bond donors (Lipinski definition) is 2. The number of phenolic OH excluding ortho intramolecular Hbond substituents is 1. The van der Waals surface area contributed by atoms with Crippen LogP contribution in [-0.4, -0.2) is 35.9 Å². The zero-order chi connectivity index (χ0) is 18.9. The van der Waals surface area contributed by atoms with E-state index in [0.29, 0.717) is 23.6 Å². The number of rotatable bonds is 7. The minimum absolute atomic E-state index is 0.160. The third-order valence-corrected chi connectivity index (χ3v) is 3.37. The molecule has 2 N–H and O–H groups in total.